The number of benzene rings is 1. The highest BCUT2D eigenvalue weighted by Crippen LogP contribution is 2.41. The SMILES string of the molecule is CC(C)[NH+]1Cc2c(sc3c2CCCC3)N(C(=O)c2ccccc2)C1. The largest absolute Gasteiger partial charge is 0.312 e. The quantitative estimate of drug-likeness (QED) is 0.892. The number of amides is 1. The van der Waals surface area contributed by atoms with Crippen molar-refractivity contribution in [3.8, 4) is 0 Å². The lowest BCUT2D eigenvalue weighted by molar-refractivity contribution is -0.935. The summed E-state index contributed by atoms with van der Waals surface area (Å²) in [6.07, 6.45) is 4.97. The maximum Gasteiger partial charge on any atom is 0.263 e. The van der Waals surface area contributed by atoms with Gasteiger partial charge in [0, 0.05) is 16.0 Å². The number of carbonyl (C=O) groups is 1. The van der Waals surface area contributed by atoms with Crippen molar-refractivity contribution in [2.75, 3.05) is 11.6 Å². The van der Waals surface area contributed by atoms with Crippen LogP contribution in [-0.4, -0.2) is 18.6 Å². The topological polar surface area (TPSA) is 24.8 Å². The highest BCUT2D eigenvalue weighted by molar-refractivity contribution is 7.16. The number of hydrogen-bond donors (Lipinski definition) is 1. The highest BCUT2D eigenvalue weighted by Gasteiger charge is 2.36. The summed E-state index contributed by atoms with van der Waals surface area (Å²) in [5.41, 5.74) is 3.80. The maximum absolute atomic E-state index is 13.2. The molecule has 1 aromatic carbocycles. The van der Waals surface area contributed by atoms with Crippen LogP contribution in [0.5, 0.6) is 0 Å². The van der Waals surface area contributed by atoms with Crippen molar-refractivity contribution in [2.45, 2.75) is 52.1 Å². The van der Waals surface area contributed by atoms with E-state index in [1.807, 2.05) is 46.6 Å². The van der Waals surface area contributed by atoms with Crippen molar-refractivity contribution in [1.82, 2.24) is 0 Å². The minimum atomic E-state index is 0.147. The van der Waals surface area contributed by atoms with Gasteiger partial charge < -0.3 is 4.90 Å². The minimum Gasteiger partial charge on any atom is -0.312 e. The van der Waals surface area contributed by atoms with E-state index in [0.29, 0.717) is 6.04 Å². The molecule has 0 fully saturated rings. The fourth-order valence-corrected chi connectivity index (χ4v) is 5.27. The van der Waals surface area contributed by atoms with Gasteiger partial charge in [0.25, 0.3) is 5.91 Å². The fourth-order valence-electron chi connectivity index (χ4n) is 3.86. The molecule has 2 aromatic rings. The molecule has 1 unspecified atom stereocenters. The predicted molar refractivity (Wildman–Crippen MR) is 98.9 cm³/mol. The average Bonchev–Trinajstić information content (AvgIpc) is 2.99. The molecular formula is C20H25N2OS+. The lowest BCUT2D eigenvalue weighted by Gasteiger charge is -2.35. The molecule has 0 radical (unpaired) electrons. The van der Waals surface area contributed by atoms with Crippen LogP contribution in [0.4, 0.5) is 5.00 Å². The van der Waals surface area contributed by atoms with Gasteiger partial charge in [0.1, 0.15) is 11.5 Å². The van der Waals surface area contributed by atoms with Crippen molar-refractivity contribution in [3.63, 3.8) is 0 Å². The number of rotatable bonds is 2. The van der Waals surface area contributed by atoms with Crippen molar-refractivity contribution in [1.29, 1.82) is 0 Å². The van der Waals surface area contributed by atoms with Crippen molar-refractivity contribution in [2.24, 2.45) is 0 Å². The number of fused-ring (bicyclic) bond motifs is 3. The summed E-state index contributed by atoms with van der Waals surface area (Å²) in [4.78, 5) is 18.2. The van der Waals surface area contributed by atoms with Crippen LogP contribution >= 0.6 is 11.3 Å². The van der Waals surface area contributed by atoms with Crippen LogP contribution in [0.3, 0.4) is 0 Å². The third kappa shape index (κ3) is 2.68. The molecule has 126 valence electrons. The number of anilines is 1. The molecule has 0 bridgehead atoms. The molecule has 2 heterocycles. The average molecular weight is 342 g/mol. The van der Waals surface area contributed by atoms with E-state index in [1.165, 1.54) is 46.0 Å². The highest BCUT2D eigenvalue weighted by atomic mass is 32.1. The zero-order chi connectivity index (χ0) is 16.7. The maximum atomic E-state index is 13.2. The van der Waals surface area contributed by atoms with E-state index < -0.39 is 0 Å². The summed E-state index contributed by atoms with van der Waals surface area (Å²) in [5.74, 6) is 0.147. The van der Waals surface area contributed by atoms with E-state index in [2.05, 4.69) is 13.8 Å². The van der Waals surface area contributed by atoms with E-state index in [0.717, 1.165) is 18.8 Å². The Morgan fingerprint density at radius 2 is 1.88 bits per heavy atom. The summed E-state index contributed by atoms with van der Waals surface area (Å²) in [6.45, 7) is 6.35. The molecule has 1 aliphatic heterocycles. The molecule has 2 aliphatic rings. The molecule has 4 rings (SSSR count). The van der Waals surface area contributed by atoms with E-state index in [1.54, 1.807) is 5.56 Å². The molecule has 4 heteroatoms. The lowest BCUT2D eigenvalue weighted by atomic mass is 9.94. The Kier molecular flexibility index (Phi) is 4.19. The molecule has 1 amide bonds. The predicted octanol–water partition coefficient (Wildman–Crippen LogP) is 3.04. The number of thiophene rings is 1. The van der Waals surface area contributed by atoms with Crippen molar-refractivity contribution >= 4 is 22.2 Å². The number of nitrogens with zero attached hydrogens (tertiary/aromatic N) is 1. The molecule has 0 saturated carbocycles. The van der Waals surface area contributed by atoms with Gasteiger partial charge >= 0.3 is 0 Å². The van der Waals surface area contributed by atoms with Crippen LogP contribution in [0.2, 0.25) is 0 Å². The van der Waals surface area contributed by atoms with Crippen LogP contribution in [0.15, 0.2) is 30.3 Å². The Morgan fingerprint density at radius 3 is 2.62 bits per heavy atom. The first-order chi connectivity index (χ1) is 11.6. The molecule has 3 nitrogen and oxygen atoms in total. The second-order valence-corrected chi connectivity index (χ2v) is 8.33. The first kappa shape index (κ1) is 15.9. The molecule has 24 heavy (non-hydrogen) atoms. The summed E-state index contributed by atoms with van der Waals surface area (Å²) in [7, 11) is 0. The summed E-state index contributed by atoms with van der Waals surface area (Å²) >= 11 is 1.87. The molecule has 1 N–H and O–H groups in total. The second-order valence-electron chi connectivity index (χ2n) is 7.24. The van der Waals surface area contributed by atoms with Gasteiger partial charge in [-0.15, -0.1) is 11.3 Å². The Labute approximate surface area is 147 Å². The molecule has 1 aromatic heterocycles. The van der Waals surface area contributed by atoms with Crippen LogP contribution in [0, 0.1) is 0 Å². The molecule has 1 atom stereocenters. The Morgan fingerprint density at radius 1 is 1.12 bits per heavy atom. The van der Waals surface area contributed by atoms with Gasteiger partial charge in [-0.3, -0.25) is 9.69 Å². The van der Waals surface area contributed by atoms with E-state index in [9.17, 15) is 4.79 Å². The van der Waals surface area contributed by atoms with Gasteiger partial charge in [-0.25, -0.2) is 0 Å². The van der Waals surface area contributed by atoms with Gasteiger partial charge in [0.15, 0.2) is 6.67 Å². The molecule has 1 aliphatic carbocycles. The number of nitrogens with one attached hydrogen (secondary N) is 1. The van der Waals surface area contributed by atoms with Crippen LogP contribution in [0.25, 0.3) is 0 Å². The van der Waals surface area contributed by atoms with E-state index in [-0.39, 0.29) is 5.91 Å². The summed E-state index contributed by atoms with van der Waals surface area (Å²) in [6, 6.07) is 10.2. The zero-order valence-corrected chi connectivity index (χ0v) is 15.3. The number of carbonyl (C=O) groups excluding carboxylic acids is 1. The Hall–Kier alpha value is -1.65. The first-order valence-electron chi connectivity index (χ1n) is 9.00. The number of aryl methyl sites for hydroxylation is 1. The van der Waals surface area contributed by atoms with Gasteiger partial charge in [0.05, 0.1) is 6.04 Å². The number of quaternary nitrogens is 1. The minimum absolute atomic E-state index is 0.147. The van der Waals surface area contributed by atoms with Crippen LogP contribution < -0.4 is 9.80 Å². The zero-order valence-electron chi connectivity index (χ0n) is 14.5. The standard InChI is InChI=1S/C20H24N2OS/c1-14(2)21-12-17-16-10-6-7-11-18(16)24-20(17)22(13-21)19(23)15-8-4-3-5-9-15/h3-5,8-9,14H,6-7,10-13H2,1-2H3/p+1. The van der Waals surface area contributed by atoms with Gasteiger partial charge in [0.2, 0.25) is 0 Å². The van der Waals surface area contributed by atoms with Crippen LogP contribution in [0.1, 0.15) is 53.1 Å². The Balaban J connectivity index is 1.77. The van der Waals surface area contributed by atoms with Crippen LogP contribution in [-0.2, 0) is 19.4 Å². The molecular weight excluding hydrogens is 316 g/mol. The molecule has 0 saturated heterocycles. The normalized spacial score (nSPS) is 20.0. The lowest BCUT2D eigenvalue weighted by Crippen LogP contribution is -3.16. The van der Waals surface area contributed by atoms with Gasteiger partial charge in [-0.05, 0) is 57.2 Å². The number of hydrogen-bond acceptors (Lipinski definition) is 2. The Bertz CT molecular complexity index is 750. The first-order valence-corrected chi connectivity index (χ1v) is 9.81. The van der Waals surface area contributed by atoms with Crippen molar-refractivity contribution in [3.05, 3.63) is 51.9 Å². The molecule has 0 spiro atoms. The summed E-state index contributed by atoms with van der Waals surface area (Å²) in [5, 5.41) is 1.22. The van der Waals surface area contributed by atoms with Gasteiger partial charge in [-0.1, -0.05) is 18.2 Å². The van der Waals surface area contributed by atoms with Crippen molar-refractivity contribution < 1.29 is 9.69 Å². The van der Waals surface area contributed by atoms with E-state index >= 15 is 0 Å². The summed E-state index contributed by atoms with van der Waals surface area (Å²) < 4.78 is 0. The van der Waals surface area contributed by atoms with E-state index in [4.69, 9.17) is 0 Å². The third-order valence-corrected chi connectivity index (χ3v) is 6.71. The van der Waals surface area contributed by atoms with Gasteiger partial charge in [-0.2, -0.15) is 0 Å². The third-order valence-electron chi connectivity index (χ3n) is 5.35. The monoisotopic (exact) mass is 341 g/mol. The second kappa shape index (κ2) is 6.34. The smallest absolute Gasteiger partial charge is 0.263 e. The fraction of sp³-hybridized carbons (Fsp3) is 0.450.